The zero-order chi connectivity index (χ0) is 15.4. The quantitative estimate of drug-likeness (QED) is 0.904. The second-order valence-electron chi connectivity index (χ2n) is 6.72. The van der Waals surface area contributed by atoms with Gasteiger partial charge in [0.25, 0.3) is 0 Å². The molecule has 22 heavy (non-hydrogen) atoms. The normalized spacial score (nSPS) is 23.2. The number of amides is 1. The van der Waals surface area contributed by atoms with Crippen LogP contribution in [0.15, 0.2) is 12.4 Å². The lowest BCUT2D eigenvalue weighted by Gasteiger charge is -2.27. The standard InChI is InChI=1S/C17H26N4O/c1-13-18-8-15(9-19-13)10-20-16-7-17(22)21(12-16)11-14-5-3-2-4-6-14/h8-9,14,16,20H,2-7,10-12H2,1H3/t16-/m0/s1. The zero-order valence-electron chi connectivity index (χ0n) is 13.4. The predicted molar refractivity (Wildman–Crippen MR) is 85.2 cm³/mol. The first-order chi connectivity index (χ1) is 10.7. The summed E-state index contributed by atoms with van der Waals surface area (Å²) < 4.78 is 0. The Hall–Kier alpha value is -1.49. The first-order valence-electron chi connectivity index (χ1n) is 8.49. The highest BCUT2D eigenvalue weighted by Gasteiger charge is 2.30. The van der Waals surface area contributed by atoms with Crippen LogP contribution in [-0.4, -0.2) is 39.9 Å². The number of nitrogens with one attached hydrogen (secondary N) is 1. The first-order valence-corrected chi connectivity index (χ1v) is 8.49. The Kier molecular flexibility index (Phi) is 5.03. The van der Waals surface area contributed by atoms with Crippen LogP contribution in [-0.2, 0) is 11.3 Å². The van der Waals surface area contributed by atoms with Crippen molar-refractivity contribution in [3.8, 4) is 0 Å². The number of likely N-dealkylation sites (tertiary alicyclic amines) is 1. The highest BCUT2D eigenvalue weighted by molar-refractivity contribution is 5.79. The average Bonchev–Trinajstić information content (AvgIpc) is 2.88. The van der Waals surface area contributed by atoms with Gasteiger partial charge in [0.1, 0.15) is 5.82 Å². The van der Waals surface area contributed by atoms with Gasteiger partial charge in [-0.05, 0) is 25.7 Å². The van der Waals surface area contributed by atoms with Crippen molar-refractivity contribution in [3.05, 3.63) is 23.8 Å². The Bertz CT molecular complexity index is 496. The second kappa shape index (κ2) is 7.18. The number of carbonyl (C=O) groups is 1. The molecule has 0 unspecified atom stereocenters. The van der Waals surface area contributed by atoms with Crippen LogP contribution < -0.4 is 5.32 Å². The Morgan fingerprint density at radius 2 is 1.95 bits per heavy atom. The van der Waals surface area contributed by atoms with E-state index in [9.17, 15) is 4.79 Å². The number of hydrogen-bond acceptors (Lipinski definition) is 4. The van der Waals surface area contributed by atoms with Crippen LogP contribution >= 0.6 is 0 Å². The van der Waals surface area contributed by atoms with Gasteiger partial charge < -0.3 is 10.2 Å². The van der Waals surface area contributed by atoms with E-state index in [1.807, 2.05) is 19.3 Å². The third-order valence-electron chi connectivity index (χ3n) is 4.85. The van der Waals surface area contributed by atoms with E-state index in [-0.39, 0.29) is 6.04 Å². The lowest BCUT2D eigenvalue weighted by atomic mass is 9.89. The minimum absolute atomic E-state index is 0.261. The highest BCUT2D eigenvalue weighted by atomic mass is 16.2. The van der Waals surface area contributed by atoms with Crippen molar-refractivity contribution in [3.63, 3.8) is 0 Å². The summed E-state index contributed by atoms with van der Waals surface area (Å²) >= 11 is 0. The Balaban J connectivity index is 1.45. The summed E-state index contributed by atoms with van der Waals surface area (Å²) in [6.07, 6.45) is 11.0. The summed E-state index contributed by atoms with van der Waals surface area (Å²) in [4.78, 5) is 22.7. The van der Waals surface area contributed by atoms with Gasteiger partial charge in [0.05, 0.1) is 0 Å². The molecule has 1 amide bonds. The van der Waals surface area contributed by atoms with Gasteiger partial charge in [-0.3, -0.25) is 4.79 Å². The summed E-state index contributed by atoms with van der Waals surface area (Å²) in [5, 5.41) is 3.47. The maximum atomic E-state index is 12.2. The van der Waals surface area contributed by atoms with Crippen molar-refractivity contribution in [1.29, 1.82) is 0 Å². The smallest absolute Gasteiger partial charge is 0.224 e. The molecule has 2 heterocycles. The minimum atomic E-state index is 0.261. The van der Waals surface area contributed by atoms with E-state index in [1.54, 1.807) is 0 Å². The molecule has 0 aromatic carbocycles. The third-order valence-corrected chi connectivity index (χ3v) is 4.85. The van der Waals surface area contributed by atoms with Gasteiger partial charge in [0, 0.05) is 50.1 Å². The molecule has 5 heteroatoms. The van der Waals surface area contributed by atoms with Gasteiger partial charge in [-0.1, -0.05) is 19.3 Å². The van der Waals surface area contributed by atoms with Crippen LogP contribution in [0.1, 0.15) is 49.9 Å². The van der Waals surface area contributed by atoms with E-state index >= 15 is 0 Å². The summed E-state index contributed by atoms with van der Waals surface area (Å²) in [5.74, 6) is 1.82. The predicted octanol–water partition coefficient (Wildman–Crippen LogP) is 2.06. The topological polar surface area (TPSA) is 58.1 Å². The molecule has 1 aliphatic carbocycles. The molecule has 1 saturated carbocycles. The second-order valence-corrected chi connectivity index (χ2v) is 6.72. The number of nitrogens with zero attached hydrogens (tertiary/aromatic N) is 3. The van der Waals surface area contributed by atoms with E-state index in [2.05, 4.69) is 20.2 Å². The van der Waals surface area contributed by atoms with Gasteiger partial charge in [0.2, 0.25) is 5.91 Å². The fourth-order valence-electron chi connectivity index (χ4n) is 3.54. The van der Waals surface area contributed by atoms with Crippen LogP contribution in [0.5, 0.6) is 0 Å². The van der Waals surface area contributed by atoms with Gasteiger partial charge in [-0.15, -0.1) is 0 Å². The fraction of sp³-hybridized carbons (Fsp3) is 0.706. The number of hydrogen-bond donors (Lipinski definition) is 1. The van der Waals surface area contributed by atoms with E-state index in [0.29, 0.717) is 12.3 Å². The van der Waals surface area contributed by atoms with Gasteiger partial charge >= 0.3 is 0 Å². The van der Waals surface area contributed by atoms with Crippen LogP contribution in [0.2, 0.25) is 0 Å². The Morgan fingerprint density at radius 1 is 1.23 bits per heavy atom. The van der Waals surface area contributed by atoms with Gasteiger partial charge in [-0.25, -0.2) is 9.97 Å². The molecular weight excluding hydrogens is 276 g/mol. The lowest BCUT2D eigenvalue weighted by Crippen LogP contribution is -2.35. The molecule has 1 aliphatic heterocycles. The van der Waals surface area contributed by atoms with Crippen LogP contribution in [0.3, 0.4) is 0 Å². The van der Waals surface area contributed by atoms with Crippen molar-refractivity contribution in [2.24, 2.45) is 5.92 Å². The summed E-state index contributed by atoms with van der Waals surface area (Å²) in [5.41, 5.74) is 1.07. The van der Waals surface area contributed by atoms with Gasteiger partial charge in [-0.2, -0.15) is 0 Å². The average molecular weight is 302 g/mol. The van der Waals surface area contributed by atoms with Gasteiger partial charge in [0.15, 0.2) is 0 Å². The molecule has 0 radical (unpaired) electrons. The Morgan fingerprint density at radius 3 is 2.68 bits per heavy atom. The van der Waals surface area contributed by atoms with E-state index in [4.69, 9.17) is 0 Å². The van der Waals surface area contributed by atoms with Crippen LogP contribution in [0.25, 0.3) is 0 Å². The molecule has 1 atom stereocenters. The highest BCUT2D eigenvalue weighted by Crippen LogP contribution is 2.26. The molecule has 1 aromatic heterocycles. The van der Waals surface area contributed by atoms with Crippen LogP contribution in [0.4, 0.5) is 0 Å². The molecule has 5 nitrogen and oxygen atoms in total. The SMILES string of the molecule is Cc1ncc(CN[C@H]2CC(=O)N(CC3CCCCC3)C2)cn1. The van der Waals surface area contributed by atoms with Crippen molar-refractivity contribution in [2.75, 3.05) is 13.1 Å². The summed E-state index contributed by atoms with van der Waals surface area (Å²) in [6, 6.07) is 0.261. The first kappa shape index (κ1) is 15.4. The number of aromatic nitrogens is 2. The van der Waals surface area contributed by atoms with Crippen LogP contribution in [0, 0.1) is 12.8 Å². The maximum Gasteiger partial charge on any atom is 0.224 e. The lowest BCUT2D eigenvalue weighted by molar-refractivity contribution is -0.128. The molecule has 2 aliphatic rings. The number of aryl methyl sites for hydroxylation is 1. The summed E-state index contributed by atoms with van der Waals surface area (Å²) in [7, 11) is 0. The zero-order valence-corrected chi connectivity index (χ0v) is 13.4. The Labute approximate surface area is 132 Å². The molecule has 2 fully saturated rings. The van der Waals surface area contributed by atoms with E-state index in [0.717, 1.165) is 36.9 Å². The molecule has 3 rings (SSSR count). The van der Waals surface area contributed by atoms with Crippen molar-refractivity contribution >= 4 is 5.91 Å². The van der Waals surface area contributed by atoms with Crippen molar-refractivity contribution in [1.82, 2.24) is 20.2 Å². The molecule has 0 bridgehead atoms. The largest absolute Gasteiger partial charge is 0.341 e. The fourth-order valence-corrected chi connectivity index (χ4v) is 3.54. The summed E-state index contributed by atoms with van der Waals surface area (Å²) in [6.45, 7) is 4.43. The molecular formula is C17H26N4O. The third kappa shape index (κ3) is 4.03. The molecule has 1 N–H and O–H groups in total. The van der Waals surface area contributed by atoms with E-state index < -0.39 is 0 Å². The van der Waals surface area contributed by atoms with Crippen molar-refractivity contribution in [2.45, 2.75) is 58.0 Å². The number of rotatable bonds is 5. The van der Waals surface area contributed by atoms with E-state index in [1.165, 1.54) is 32.1 Å². The van der Waals surface area contributed by atoms with Crippen molar-refractivity contribution < 1.29 is 4.79 Å². The molecule has 1 saturated heterocycles. The molecule has 0 spiro atoms. The maximum absolute atomic E-state index is 12.2. The molecule has 120 valence electrons. The number of carbonyl (C=O) groups excluding carboxylic acids is 1. The molecule has 1 aromatic rings. The monoisotopic (exact) mass is 302 g/mol. The minimum Gasteiger partial charge on any atom is -0.341 e.